The summed E-state index contributed by atoms with van der Waals surface area (Å²) in [5, 5.41) is 2.77. The summed E-state index contributed by atoms with van der Waals surface area (Å²) in [5.74, 6) is 0.543. The van der Waals surface area contributed by atoms with Crippen molar-refractivity contribution in [3.63, 3.8) is 0 Å². The van der Waals surface area contributed by atoms with Crippen LogP contribution >= 0.6 is 0 Å². The molecule has 5 heteroatoms. The average molecular weight is 352 g/mol. The van der Waals surface area contributed by atoms with Crippen LogP contribution in [0.15, 0.2) is 42.5 Å². The van der Waals surface area contributed by atoms with E-state index in [1.54, 1.807) is 4.90 Å². The summed E-state index contributed by atoms with van der Waals surface area (Å²) < 4.78 is 5.77. The minimum Gasteiger partial charge on any atom is -0.494 e. The molecule has 1 heterocycles. The van der Waals surface area contributed by atoms with Gasteiger partial charge < -0.3 is 15.0 Å². The molecule has 0 saturated carbocycles. The van der Waals surface area contributed by atoms with Crippen LogP contribution in [0.25, 0.3) is 0 Å². The van der Waals surface area contributed by atoms with Gasteiger partial charge in [-0.15, -0.1) is 0 Å². The third-order valence-corrected chi connectivity index (χ3v) is 4.43. The topological polar surface area (TPSA) is 58.6 Å². The van der Waals surface area contributed by atoms with Gasteiger partial charge in [-0.05, 0) is 44.0 Å². The highest BCUT2D eigenvalue weighted by atomic mass is 16.5. The van der Waals surface area contributed by atoms with Crippen molar-refractivity contribution < 1.29 is 14.3 Å². The fourth-order valence-electron chi connectivity index (χ4n) is 3.25. The molecule has 0 aromatic heterocycles. The van der Waals surface area contributed by atoms with Crippen molar-refractivity contribution in [3.05, 3.63) is 59.2 Å². The molecule has 1 N–H and O–H groups in total. The Morgan fingerprint density at radius 3 is 2.65 bits per heavy atom. The zero-order chi connectivity index (χ0) is 18.7. The van der Waals surface area contributed by atoms with Crippen molar-refractivity contribution in [2.24, 2.45) is 0 Å². The molecule has 0 fully saturated rings. The van der Waals surface area contributed by atoms with Crippen molar-refractivity contribution in [3.8, 4) is 5.75 Å². The van der Waals surface area contributed by atoms with E-state index >= 15 is 0 Å². The highest BCUT2D eigenvalue weighted by Gasteiger charge is 2.37. The summed E-state index contributed by atoms with van der Waals surface area (Å²) in [5.41, 5.74) is 3.95. The number of carbonyl (C=O) groups is 2. The number of aryl methyl sites for hydroxylation is 2. The zero-order valence-corrected chi connectivity index (χ0v) is 15.4. The summed E-state index contributed by atoms with van der Waals surface area (Å²) in [6.07, 6.45) is 0.708. The Morgan fingerprint density at radius 2 is 1.92 bits per heavy atom. The first kappa shape index (κ1) is 18.0. The molecule has 0 unspecified atom stereocenters. The Kier molecular flexibility index (Phi) is 5.26. The van der Waals surface area contributed by atoms with Crippen LogP contribution in [0.5, 0.6) is 5.75 Å². The van der Waals surface area contributed by atoms with Gasteiger partial charge in [0.05, 0.1) is 6.61 Å². The summed E-state index contributed by atoms with van der Waals surface area (Å²) in [4.78, 5) is 26.0. The SMILES string of the molecule is CC(=O)N[C@H]1C(=O)N(CCCOc2cccc(C)c2)c2ccc(C)cc21. The van der Waals surface area contributed by atoms with Gasteiger partial charge in [0.25, 0.3) is 5.91 Å². The van der Waals surface area contributed by atoms with E-state index in [0.29, 0.717) is 19.6 Å². The average Bonchev–Trinajstić information content (AvgIpc) is 2.83. The molecule has 5 nitrogen and oxygen atoms in total. The molecule has 2 aromatic carbocycles. The molecule has 0 aliphatic carbocycles. The van der Waals surface area contributed by atoms with Gasteiger partial charge >= 0.3 is 0 Å². The molecule has 0 bridgehead atoms. The number of hydrogen-bond donors (Lipinski definition) is 1. The van der Waals surface area contributed by atoms with Gasteiger partial charge in [-0.25, -0.2) is 0 Å². The lowest BCUT2D eigenvalue weighted by Crippen LogP contribution is -2.37. The predicted octanol–water partition coefficient (Wildman–Crippen LogP) is 3.30. The number of hydrogen-bond acceptors (Lipinski definition) is 3. The molecule has 2 amide bonds. The van der Waals surface area contributed by atoms with E-state index in [2.05, 4.69) is 5.32 Å². The van der Waals surface area contributed by atoms with Crippen molar-refractivity contribution in [1.82, 2.24) is 5.32 Å². The third kappa shape index (κ3) is 3.87. The van der Waals surface area contributed by atoms with Crippen LogP contribution in [0.3, 0.4) is 0 Å². The van der Waals surface area contributed by atoms with E-state index in [0.717, 1.165) is 28.1 Å². The number of nitrogens with one attached hydrogen (secondary N) is 1. The molecule has 0 spiro atoms. The highest BCUT2D eigenvalue weighted by molar-refractivity contribution is 6.06. The van der Waals surface area contributed by atoms with E-state index < -0.39 is 6.04 Å². The lowest BCUT2D eigenvalue weighted by atomic mass is 10.1. The molecule has 0 radical (unpaired) electrons. The minimum absolute atomic E-state index is 0.0867. The van der Waals surface area contributed by atoms with Gasteiger partial charge in [-0.3, -0.25) is 9.59 Å². The number of benzene rings is 2. The molecule has 0 saturated heterocycles. The summed E-state index contributed by atoms with van der Waals surface area (Å²) in [6, 6.07) is 13.2. The lowest BCUT2D eigenvalue weighted by molar-refractivity contribution is -0.126. The normalized spacial score (nSPS) is 15.7. The van der Waals surface area contributed by atoms with Gasteiger partial charge in [-0.1, -0.05) is 29.8 Å². The second kappa shape index (κ2) is 7.60. The molecule has 1 aliphatic heterocycles. The van der Waals surface area contributed by atoms with Gasteiger partial charge in [-0.2, -0.15) is 0 Å². The maximum atomic E-state index is 12.8. The third-order valence-electron chi connectivity index (χ3n) is 4.43. The molecule has 26 heavy (non-hydrogen) atoms. The number of nitrogens with zero attached hydrogens (tertiary/aromatic N) is 1. The maximum absolute atomic E-state index is 12.8. The number of fused-ring (bicyclic) bond motifs is 1. The standard InChI is InChI=1S/C21H24N2O3/c1-14-6-4-7-17(12-14)26-11-5-10-23-19-9-8-15(2)13-18(19)20(21(23)25)22-16(3)24/h4,6-9,12-13,20H,5,10-11H2,1-3H3,(H,22,24)/t20-/m1/s1. The first-order chi connectivity index (χ1) is 12.5. The second-order valence-electron chi connectivity index (χ2n) is 6.70. The molecular weight excluding hydrogens is 328 g/mol. The zero-order valence-electron chi connectivity index (χ0n) is 15.4. The van der Waals surface area contributed by atoms with Gasteiger partial charge in [0.15, 0.2) is 0 Å². The molecular formula is C21H24N2O3. The smallest absolute Gasteiger partial charge is 0.254 e. The van der Waals surface area contributed by atoms with Crippen LogP contribution in [-0.2, 0) is 9.59 Å². The van der Waals surface area contributed by atoms with Crippen LogP contribution in [0.2, 0.25) is 0 Å². The Bertz CT molecular complexity index is 832. The van der Waals surface area contributed by atoms with E-state index in [1.807, 2.05) is 56.3 Å². The van der Waals surface area contributed by atoms with Crippen molar-refractivity contribution >= 4 is 17.5 Å². The van der Waals surface area contributed by atoms with Crippen LogP contribution in [0.1, 0.15) is 36.1 Å². The quantitative estimate of drug-likeness (QED) is 0.812. The first-order valence-corrected chi connectivity index (χ1v) is 8.84. The Hall–Kier alpha value is -2.82. The Labute approximate surface area is 154 Å². The van der Waals surface area contributed by atoms with Crippen molar-refractivity contribution in [1.29, 1.82) is 0 Å². The van der Waals surface area contributed by atoms with E-state index in [4.69, 9.17) is 4.74 Å². The summed E-state index contributed by atoms with van der Waals surface area (Å²) >= 11 is 0. The number of rotatable bonds is 6. The maximum Gasteiger partial charge on any atom is 0.254 e. The monoisotopic (exact) mass is 352 g/mol. The van der Waals surface area contributed by atoms with Crippen molar-refractivity contribution in [2.45, 2.75) is 33.2 Å². The number of carbonyl (C=O) groups excluding carboxylic acids is 2. The molecule has 3 rings (SSSR count). The van der Waals surface area contributed by atoms with Crippen LogP contribution in [0.4, 0.5) is 5.69 Å². The number of amides is 2. The predicted molar refractivity (Wildman–Crippen MR) is 101 cm³/mol. The van der Waals surface area contributed by atoms with E-state index in [-0.39, 0.29) is 11.8 Å². The highest BCUT2D eigenvalue weighted by Crippen LogP contribution is 2.36. The first-order valence-electron chi connectivity index (χ1n) is 8.84. The van der Waals surface area contributed by atoms with Crippen LogP contribution in [-0.4, -0.2) is 25.0 Å². The molecule has 1 aliphatic rings. The van der Waals surface area contributed by atoms with Gasteiger partial charge in [0.1, 0.15) is 11.8 Å². The van der Waals surface area contributed by atoms with Crippen LogP contribution < -0.4 is 15.0 Å². The summed E-state index contributed by atoms with van der Waals surface area (Å²) in [7, 11) is 0. The second-order valence-corrected chi connectivity index (χ2v) is 6.70. The molecule has 2 aromatic rings. The van der Waals surface area contributed by atoms with E-state index in [9.17, 15) is 9.59 Å². The Morgan fingerprint density at radius 1 is 1.15 bits per heavy atom. The van der Waals surface area contributed by atoms with Crippen molar-refractivity contribution in [2.75, 3.05) is 18.1 Å². The largest absolute Gasteiger partial charge is 0.494 e. The van der Waals surface area contributed by atoms with Gasteiger partial charge in [0, 0.05) is 24.7 Å². The minimum atomic E-state index is -0.597. The van der Waals surface area contributed by atoms with Crippen LogP contribution in [0, 0.1) is 13.8 Å². The van der Waals surface area contributed by atoms with Gasteiger partial charge in [0.2, 0.25) is 5.91 Å². The fourth-order valence-corrected chi connectivity index (χ4v) is 3.25. The Balaban J connectivity index is 1.66. The summed E-state index contributed by atoms with van der Waals surface area (Å²) in [6.45, 7) is 6.52. The number of ether oxygens (including phenoxy) is 1. The van der Waals surface area contributed by atoms with E-state index in [1.165, 1.54) is 6.92 Å². The number of anilines is 1. The lowest BCUT2D eigenvalue weighted by Gasteiger charge is -2.18. The molecule has 1 atom stereocenters. The fraction of sp³-hybridized carbons (Fsp3) is 0.333. The molecule has 136 valence electrons.